The number of hydrogen-bond acceptors (Lipinski definition) is 2. The maximum Gasteiger partial charge on any atom is 0.460 e. The fourth-order valence-corrected chi connectivity index (χ4v) is 1.35. The summed E-state index contributed by atoms with van der Waals surface area (Å²) in [5.74, 6) is -40.2. The molecule has 160 valence electrons. The summed E-state index contributed by atoms with van der Waals surface area (Å²) in [5.41, 5.74) is 0. The van der Waals surface area contributed by atoms with Crippen molar-refractivity contribution in [3.8, 4) is 0 Å². The van der Waals surface area contributed by atoms with E-state index in [9.17, 15) is 66.3 Å². The van der Waals surface area contributed by atoms with Crippen molar-refractivity contribution in [3.05, 3.63) is 12.7 Å². The number of ether oxygens (including phenoxy) is 1. The quantitative estimate of drug-likeness (QED) is 0.299. The SMILES string of the molecule is C=CC(=O)OC(F)CC(F)(F)C(F)(F)C(F)(F)C(F)(F)C(F)(F)C(F)(F)F. The average molecular weight is 436 g/mol. The molecule has 27 heavy (non-hydrogen) atoms. The van der Waals surface area contributed by atoms with Gasteiger partial charge in [0.25, 0.3) is 0 Å². The normalized spacial score (nSPS) is 16.1. The minimum atomic E-state index is -8.07. The standard InChI is InChI=1S/C11H6F14O2/c1-2-5(26)27-4(12)3-6(13,14)7(15,16)8(17,18)9(19,20)10(21,22)11(23,24)25/h2,4H,1,3H2. The van der Waals surface area contributed by atoms with Crippen LogP contribution in [0, 0.1) is 0 Å². The first-order valence-electron chi connectivity index (χ1n) is 6.03. The molecule has 0 radical (unpaired) electrons. The van der Waals surface area contributed by atoms with Crippen molar-refractivity contribution in [1.82, 2.24) is 0 Å². The van der Waals surface area contributed by atoms with Gasteiger partial charge in [-0.1, -0.05) is 6.58 Å². The molecule has 0 N–H and O–H groups in total. The predicted octanol–water partition coefficient (Wildman–Crippen LogP) is 5.14. The van der Waals surface area contributed by atoms with Crippen molar-refractivity contribution in [1.29, 1.82) is 0 Å². The van der Waals surface area contributed by atoms with E-state index in [1.54, 1.807) is 0 Å². The van der Waals surface area contributed by atoms with Gasteiger partial charge in [-0.05, 0) is 0 Å². The number of esters is 1. The summed E-state index contributed by atoms with van der Waals surface area (Å²) in [6, 6.07) is 0. The Labute approximate surface area is 139 Å². The van der Waals surface area contributed by atoms with Crippen LogP contribution in [0.5, 0.6) is 0 Å². The number of hydrogen-bond donors (Lipinski definition) is 0. The van der Waals surface area contributed by atoms with Gasteiger partial charge in [0.05, 0.1) is 6.42 Å². The molecular formula is C11H6F14O2. The average Bonchev–Trinajstić information content (AvgIpc) is 2.44. The van der Waals surface area contributed by atoms with Crippen molar-refractivity contribution >= 4 is 5.97 Å². The molecule has 0 saturated carbocycles. The topological polar surface area (TPSA) is 26.3 Å². The molecule has 0 saturated heterocycles. The molecule has 0 heterocycles. The van der Waals surface area contributed by atoms with Crippen LogP contribution < -0.4 is 0 Å². The molecule has 0 aliphatic rings. The van der Waals surface area contributed by atoms with Gasteiger partial charge in [0.2, 0.25) is 6.36 Å². The second kappa shape index (κ2) is 7.00. The Balaban J connectivity index is 6.01. The number of alkyl halides is 14. The lowest BCUT2D eigenvalue weighted by Crippen LogP contribution is -2.70. The Kier molecular flexibility index (Phi) is 6.54. The van der Waals surface area contributed by atoms with Crippen molar-refractivity contribution < 1.29 is 71.0 Å². The highest BCUT2D eigenvalue weighted by atomic mass is 19.4. The summed E-state index contributed by atoms with van der Waals surface area (Å²) in [5, 5.41) is 0. The molecule has 0 aromatic rings. The van der Waals surface area contributed by atoms with Crippen LogP contribution in [0.1, 0.15) is 6.42 Å². The van der Waals surface area contributed by atoms with Crippen LogP contribution in [0.4, 0.5) is 61.5 Å². The van der Waals surface area contributed by atoms with Gasteiger partial charge in [-0.2, -0.15) is 57.1 Å². The predicted molar refractivity (Wildman–Crippen MR) is 56.6 cm³/mol. The van der Waals surface area contributed by atoms with Gasteiger partial charge in [0.15, 0.2) is 0 Å². The molecule has 0 aromatic heterocycles. The molecule has 0 aliphatic carbocycles. The largest absolute Gasteiger partial charge is 0.460 e. The Morgan fingerprint density at radius 3 is 1.48 bits per heavy atom. The van der Waals surface area contributed by atoms with Crippen LogP contribution in [0.2, 0.25) is 0 Å². The third-order valence-electron chi connectivity index (χ3n) is 2.83. The first-order chi connectivity index (χ1) is 11.6. The van der Waals surface area contributed by atoms with Crippen LogP contribution in [0.15, 0.2) is 12.7 Å². The Bertz CT molecular complexity index is 564. The summed E-state index contributed by atoms with van der Waals surface area (Å²) in [6.07, 6.45) is -14.6. The summed E-state index contributed by atoms with van der Waals surface area (Å²) in [7, 11) is 0. The third-order valence-corrected chi connectivity index (χ3v) is 2.83. The maximum atomic E-state index is 13.2. The Morgan fingerprint density at radius 2 is 1.15 bits per heavy atom. The molecular weight excluding hydrogens is 430 g/mol. The van der Waals surface area contributed by atoms with E-state index in [0.717, 1.165) is 0 Å². The van der Waals surface area contributed by atoms with Gasteiger partial charge in [0, 0.05) is 6.08 Å². The highest BCUT2D eigenvalue weighted by molar-refractivity contribution is 5.81. The van der Waals surface area contributed by atoms with E-state index in [2.05, 4.69) is 11.3 Å². The summed E-state index contributed by atoms with van der Waals surface area (Å²) in [6.45, 7) is 2.59. The van der Waals surface area contributed by atoms with Gasteiger partial charge in [0.1, 0.15) is 0 Å². The summed E-state index contributed by atoms with van der Waals surface area (Å²) in [4.78, 5) is 10.5. The van der Waals surface area contributed by atoms with Crippen LogP contribution in [0.3, 0.4) is 0 Å². The van der Waals surface area contributed by atoms with E-state index in [4.69, 9.17) is 0 Å². The molecule has 0 spiro atoms. The smallest absolute Gasteiger partial charge is 0.428 e. The van der Waals surface area contributed by atoms with Crippen LogP contribution >= 0.6 is 0 Å². The van der Waals surface area contributed by atoms with E-state index in [1.165, 1.54) is 0 Å². The minimum absolute atomic E-state index is 0.0789. The maximum absolute atomic E-state index is 13.2. The van der Waals surface area contributed by atoms with E-state index >= 15 is 0 Å². The van der Waals surface area contributed by atoms with Gasteiger partial charge in [-0.25, -0.2) is 9.18 Å². The van der Waals surface area contributed by atoms with Gasteiger partial charge in [-0.3, -0.25) is 0 Å². The van der Waals surface area contributed by atoms with Crippen LogP contribution in [0.25, 0.3) is 0 Å². The highest BCUT2D eigenvalue weighted by Crippen LogP contribution is 2.60. The fraction of sp³-hybridized carbons (Fsp3) is 0.727. The Morgan fingerprint density at radius 1 is 0.778 bits per heavy atom. The Hall–Kier alpha value is -1.77. The first kappa shape index (κ1) is 25.2. The summed E-state index contributed by atoms with van der Waals surface area (Å²) < 4.78 is 181. The van der Waals surface area contributed by atoms with Gasteiger partial charge >= 0.3 is 41.8 Å². The lowest BCUT2D eigenvalue weighted by molar-refractivity contribution is -0.441. The molecule has 0 rings (SSSR count). The van der Waals surface area contributed by atoms with Gasteiger partial charge < -0.3 is 4.74 Å². The molecule has 0 bridgehead atoms. The molecule has 1 atom stereocenters. The first-order valence-corrected chi connectivity index (χ1v) is 6.03. The zero-order chi connectivity index (χ0) is 22.3. The molecule has 16 heteroatoms. The van der Waals surface area contributed by atoms with Crippen molar-refractivity contribution in [3.63, 3.8) is 0 Å². The van der Waals surface area contributed by atoms with Crippen molar-refractivity contribution in [2.75, 3.05) is 0 Å². The molecule has 0 aromatic carbocycles. The lowest BCUT2D eigenvalue weighted by Gasteiger charge is -2.39. The lowest BCUT2D eigenvalue weighted by atomic mass is 9.92. The fourth-order valence-electron chi connectivity index (χ4n) is 1.35. The van der Waals surface area contributed by atoms with Crippen LogP contribution in [-0.4, -0.2) is 48.1 Å². The number of halogens is 14. The zero-order valence-corrected chi connectivity index (χ0v) is 12.2. The van der Waals surface area contributed by atoms with E-state index < -0.39 is 54.5 Å². The number of rotatable bonds is 8. The van der Waals surface area contributed by atoms with Crippen molar-refractivity contribution in [2.45, 2.75) is 48.6 Å². The van der Waals surface area contributed by atoms with Gasteiger partial charge in [-0.15, -0.1) is 0 Å². The molecule has 1 unspecified atom stereocenters. The van der Waals surface area contributed by atoms with E-state index in [1.807, 2.05) is 0 Å². The molecule has 0 fully saturated rings. The van der Waals surface area contributed by atoms with Crippen molar-refractivity contribution in [2.24, 2.45) is 0 Å². The van der Waals surface area contributed by atoms with Crippen LogP contribution in [-0.2, 0) is 9.53 Å². The molecule has 0 amide bonds. The highest BCUT2D eigenvalue weighted by Gasteiger charge is 2.90. The van der Waals surface area contributed by atoms with E-state index in [0.29, 0.717) is 0 Å². The second-order valence-corrected chi connectivity index (χ2v) is 4.75. The number of carbonyl (C=O) groups is 1. The minimum Gasteiger partial charge on any atom is -0.428 e. The van der Waals surface area contributed by atoms with E-state index in [-0.39, 0.29) is 6.08 Å². The number of carbonyl (C=O) groups excluding carboxylic acids is 1. The summed E-state index contributed by atoms with van der Waals surface area (Å²) >= 11 is 0. The zero-order valence-electron chi connectivity index (χ0n) is 12.2. The molecule has 0 aliphatic heterocycles. The molecule has 2 nitrogen and oxygen atoms in total. The third kappa shape index (κ3) is 4.07. The second-order valence-electron chi connectivity index (χ2n) is 4.75. The monoisotopic (exact) mass is 436 g/mol.